The third kappa shape index (κ3) is 1.87. The molecule has 2 aromatic rings. The van der Waals surface area contributed by atoms with Crippen molar-refractivity contribution < 1.29 is 0 Å². The lowest BCUT2D eigenvalue weighted by Crippen LogP contribution is -1.82. The van der Waals surface area contributed by atoms with Gasteiger partial charge in [-0.2, -0.15) is 5.26 Å². The highest BCUT2D eigenvalue weighted by Crippen LogP contribution is 2.15. The maximum Gasteiger partial charge on any atom is 0.0991 e. The molecule has 0 unspecified atom stereocenters. The Morgan fingerprint density at radius 3 is 2.93 bits per heavy atom. The second-order valence-electron chi connectivity index (χ2n) is 3.19. The Morgan fingerprint density at radius 2 is 2.20 bits per heavy atom. The van der Waals surface area contributed by atoms with Gasteiger partial charge in [0.2, 0.25) is 0 Å². The van der Waals surface area contributed by atoms with Crippen LogP contribution in [0, 0.1) is 18.3 Å². The van der Waals surface area contributed by atoms with Crippen molar-refractivity contribution in [3.63, 3.8) is 0 Å². The number of fused-ring (bicyclic) bond motifs is 1. The SMILES string of the molecule is [CH2]/C=C/c1cnc2ccc(C#N)cc2c1. The largest absolute Gasteiger partial charge is 0.256 e. The van der Waals surface area contributed by atoms with Crippen LogP contribution in [0.25, 0.3) is 17.0 Å². The highest BCUT2D eigenvalue weighted by molar-refractivity contribution is 5.82. The standard InChI is InChI=1S/C13H9N2/c1-2-3-11-7-12-6-10(8-14)4-5-13(12)15-9-11/h2-7,9H,1H2/b3-2+. The predicted octanol–water partition coefficient (Wildman–Crippen LogP) is 2.95. The molecule has 1 aromatic heterocycles. The van der Waals surface area contributed by atoms with Gasteiger partial charge in [-0.05, 0) is 36.8 Å². The number of benzene rings is 1. The van der Waals surface area contributed by atoms with Gasteiger partial charge < -0.3 is 0 Å². The maximum absolute atomic E-state index is 8.78. The first kappa shape index (κ1) is 9.42. The van der Waals surface area contributed by atoms with E-state index in [4.69, 9.17) is 5.26 Å². The van der Waals surface area contributed by atoms with Crippen LogP contribution in [0.15, 0.2) is 36.5 Å². The smallest absolute Gasteiger partial charge is 0.0991 e. The molecule has 1 aromatic carbocycles. The summed E-state index contributed by atoms with van der Waals surface area (Å²) in [4.78, 5) is 4.29. The number of hydrogen-bond donors (Lipinski definition) is 0. The molecule has 1 heterocycles. The molecule has 2 heteroatoms. The predicted molar refractivity (Wildman–Crippen MR) is 60.8 cm³/mol. The molecule has 0 atom stereocenters. The van der Waals surface area contributed by atoms with Crippen molar-refractivity contribution in [2.45, 2.75) is 0 Å². The zero-order valence-corrected chi connectivity index (χ0v) is 8.14. The number of rotatable bonds is 1. The summed E-state index contributed by atoms with van der Waals surface area (Å²) in [6.45, 7) is 3.63. The van der Waals surface area contributed by atoms with Crippen molar-refractivity contribution in [3.8, 4) is 6.07 Å². The van der Waals surface area contributed by atoms with Crippen LogP contribution in [0.5, 0.6) is 0 Å². The third-order valence-corrected chi connectivity index (χ3v) is 2.14. The molecule has 0 N–H and O–H groups in total. The molecule has 0 saturated carbocycles. The maximum atomic E-state index is 8.78. The lowest BCUT2D eigenvalue weighted by molar-refractivity contribution is 1.39. The molecule has 0 amide bonds. The molecule has 0 spiro atoms. The van der Waals surface area contributed by atoms with E-state index >= 15 is 0 Å². The minimum absolute atomic E-state index is 0.653. The highest BCUT2D eigenvalue weighted by atomic mass is 14.6. The van der Waals surface area contributed by atoms with E-state index in [-0.39, 0.29) is 0 Å². The van der Waals surface area contributed by atoms with Crippen molar-refractivity contribution in [2.24, 2.45) is 0 Å². The average molecular weight is 193 g/mol. The fraction of sp³-hybridized carbons (Fsp3) is 0. The van der Waals surface area contributed by atoms with Crippen LogP contribution in [-0.4, -0.2) is 4.98 Å². The first-order valence-corrected chi connectivity index (χ1v) is 4.59. The van der Waals surface area contributed by atoms with E-state index in [0.717, 1.165) is 16.5 Å². The monoisotopic (exact) mass is 193 g/mol. The van der Waals surface area contributed by atoms with Crippen LogP contribution in [0.3, 0.4) is 0 Å². The summed E-state index contributed by atoms with van der Waals surface area (Å²) in [5.74, 6) is 0. The molecule has 0 fully saturated rings. The van der Waals surface area contributed by atoms with E-state index in [1.165, 1.54) is 0 Å². The minimum atomic E-state index is 0.653. The summed E-state index contributed by atoms with van der Waals surface area (Å²) in [5, 5.41) is 9.75. The lowest BCUT2D eigenvalue weighted by Gasteiger charge is -1.99. The van der Waals surface area contributed by atoms with Crippen molar-refractivity contribution in [1.82, 2.24) is 4.98 Å². The molecular weight excluding hydrogens is 184 g/mol. The van der Waals surface area contributed by atoms with E-state index in [1.807, 2.05) is 24.3 Å². The van der Waals surface area contributed by atoms with Gasteiger partial charge in [0.1, 0.15) is 0 Å². The van der Waals surface area contributed by atoms with E-state index in [0.29, 0.717) is 5.56 Å². The summed E-state index contributed by atoms with van der Waals surface area (Å²) in [5.41, 5.74) is 2.54. The highest BCUT2D eigenvalue weighted by Gasteiger charge is 1.97. The number of nitrogens with zero attached hydrogens (tertiary/aromatic N) is 2. The Balaban J connectivity index is 2.63. The van der Waals surface area contributed by atoms with Crippen molar-refractivity contribution >= 4 is 17.0 Å². The minimum Gasteiger partial charge on any atom is -0.256 e. The molecule has 0 aliphatic carbocycles. The summed E-state index contributed by atoms with van der Waals surface area (Å²) < 4.78 is 0. The van der Waals surface area contributed by atoms with Gasteiger partial charge >= 0.3 is 0 Å². The second kappa shape index (κ2) is 3.93. The molecule has 0 aliphatic heterocycles. The van der Waals surface area contributed by atoms with E-state index < -0.39 is 0 Å². The van der Waals surface area contributed by atoms with Crippen LogP contribution in [-0.2, 0) is 0 Å². The van der Waals surface area contributed by atoms with E-state index in [9.17, 15) is 0 Å². The quantitative estimate of drug-likeness (QED) is 0.698. The van der Waals surface area contributed by atoms with Gasteiger partial charge in [-0.15, -0.1) is 0 Å². The van der Waals surface area contributed by atoms with Crippen LogP contribution < -0.4 is 0 Å². The fourth-order valence-electron chi connectivity index (χ4n) is 1.45. The molecule has 1 radical (unpaired) electrons. The number of pyridine rings is 1. The first-order valence-electron chi connectivity index (χ1n) is 4.59. The number of allylic oxidation sites excluding steroid dienone is 1. The van der Waals surface area contributed by atoms with Crippen molar-refractivity contribution in [1.29, 1.82) is 5.26 Å². The average Bonchev–Trinajstić information content (AvgIpc) is 2.28. The Labute approximate surface area is 88.5 Å². The summed E-state index contributed by atoms with van der Waals surface area (Å²) in [6.07, 6.45) is 5.39. The Bertz CT molecular complexity index is 562. The van der Waals surface area contributed by atoms with E-state index in [1.54, 1.807) is 18.3 Å². The third-order valence-electron chi connectivity index (χ3n) is 2.14. The second-order valence-corrected chi connectivity index (χ2v) is 3.19. The zero-order valence-electron chi connectivity index (χ0n) is 8.14. The first-order chi connectivity index (χ1) is 7.33. The molecule has 0 bridgehead atoms. The molecule has 2 nitrogen and oxygen atoms in total. The topological polar surface area (TPSA) is 36.7 Å². The molecule has 2 rings (SSSR count). The van der Waals surface area contributed by atoms with Gasteiger partial charge in [-0.3, -0.25) is 4.98 Å². The lowest BCUT2D eigenvalue weighted by atomic mass is 10.1. The summed E-state index contributed by atoms with van der Waals surface area (Å²) >= 11 is 0. The molecule has 71 valence electrons. The van der Waals surface area contributed by atoms with Gasteiger partial charge in [-0.25, -0.2) is 0 Å². The molecule has 0 aliphatic rings. The van der Waals surface area contributed by atoms with Gasteiger partial charge in [0.25, 0.3) is 0 Å². The Morgan fingerprint density at radius 1 is 1.33 bits per heavy atom. The summed E-state index contributed by atoms with van der Waals surface area (Å²) in [7, 11) is 0. The van der Waals surface area contributed by atoms with Crippen LogP contribution >= 0.6 is 0 Å². The van der Waals surface area contributed by atoms with Gasteiger partial charge in [0.05, 0.1) is 17.1 Å². The Hall–Kier alpha value is -2.14. The van der Waals surface area contributed by atoms with Crippen LogP contribution in [0.4, 0.5) is 0 Å². The Kier molecular flexibility index (Phi) is 2.47. The van der Waals surface area contributed by atoms with Crippen LogP contribution in [0.1, 0.15) is 11.1 Å². The number of aromatic nitrogens is 1. The van der Waals surface area contributed by atoms with Gasteiger partial charge in [0.15, 0.2) is 0 Å². The molecular formula is C13H9N2. The molecule has 15 heavy (non-hydrogen) atoms. The van der Waals surface area contributed by atoms with Gasteiger partial charge in [0, 0.05) is 11.6 Å². The van der Waals surface area contributed by atoms with Crippen molar-refractivity contribution in [2.75, 3.05) is 0 Å². The fourth-order valence-corrected chi connectivity index (χ4v) is 1.45. The normalized spacial score (nSPS) is 10.7. The van der Waals surface area contributed by atoms with E-state index in [2.05, 4.69) is 18.0 Å². The molecule has 0 saturated heterocycles. The number of hydrogen-bond acceptors (Lipinski definition) is 2. The van der Waals surface area contributed by atoms with Crippen LogP contribution in [0.2, 0.25) is 0 Å². The van der Waals surface area contributed by atoms with Gasteiger partial charge in [-0.1, -0.05) is 12.2 Å². The van der Waals surface area contributed by atoms with Crippen molar-refractivity contribution in [3.05, 3.63) is 54.6 Å². The summed E-state index contributed by atoms with van der Waals surface area (Å²) in [6, 6.07) is 9.56. The zero-order chi connectivity index (χ0) is 10.7. The number of nitriles is 1.